The van der Waals surface area contributed by atoms with Crippen molar-refractivity contribution in [1.82, 2.24) is 4.90 Å². The summed E-state index contributed by atoms with van der Waals surface area (Å²) >= 11 is 1.42. The maximum Gasteiger partial charge on any atom is 0.223 e. The molecule has 0 radical (unpaired) electrons. The Labute approximate surface area is 122 Å². The van der Waals surface area contributed by atoms with Crippen LogP contribution < -0.4 is 0 Å². The van der Waals surface area contributed by atoms with Gasteiger partial charge in [0.2, 0.25) is 5.91 Å². The van der Waals surface area contributed by atoms with E-state index in [-0.39, 0.29) is 24.5 Å². The molecule has 0 spiro atoms. The molecule has 4 heteroatoms. The van der Waals surface area contributed by atoms with Crippen LogP contribution >= 0.6 is 11.3 Å². The van der Waals surface area contributed by atoms with Gasteiger partial charge in [0, 0.05) is 26.4 Å². The zero-order valence-electron chi connectivity index (χ0n) is 11.4. The minimum atomic E-state index is -0.00115. The van der Waals surface area contributed by atoms with Gasteiger partial charge in [0.25, 0.3) is 0 Å². The van der Waals surface area contributed by atoms with Gasteiger partial charge in [-0.2, -0.15) is 0 Å². The summed E-state index contributed by atoms with van der Waals surface area (Å²) in [7, 11) is 1.77. The van der Waals surface area contributed by atoms with Crippen LogP contribution in [0.2, 0.25) is 0 Å². The highest BCUT2D eigenvalue weighted by Gasteiger charge is 2.13. The molecular weight excluding hydrogens is 270 g/mol. The molecule has 1 aromatic carbocycles. The Morgan fingerprint density at radius 3 is 2.45 bits per heavy atom. The Balaban J connectivity index is 1.81. The van der Waals surface area contributed by atoms with Crippen molar-refractivity contribution in [2.75, 3.05) is 7.05 Å². The van der Waals surface area contributed by atoms with E-state index in [4.69, 9.17) is 0 Å². The first-order valence-corrected chi connectivity index (χ1v) is 7.39. The van der Waals surface area contributed by atoms with Gasteiger partial charge in [-0.05, 0) is 17.0 Å². The molecule has 1 aromatic heterocycles. The number of benzene rings is 1. The molecule has 0 aliphatic heterocycles. The first-order valence-electron chi connectivity index (χ1n) is 6.51. The van der Waals surface area contributed by atoms with Gasteiger partial charge >= 0.3 is 0 Å². The number of amides is 1. The molecule has 0 unspecified atom stereocenters. The van der Waals surface area contributed by atoms with E-state index in [1.807, 2.05) is 41.8 Å². The van der Waals surface area contributed by atoms with E-state index in [9.17, 15) is 9.59 Å². The van der Waals surface area contributed by atoms with Crippen molar-refractivity contribution < 1.29 is 9.59 Å². The van der Waals surface area contributed by atoms with Gasteiger partial charge in [-0.15, -0.1) is 11.3 Å². The Morgan fingerprint density at radius 2 is 1.80 bits per heavy atom. The first-order chi connectivity index (χ1) is 9.66. The third kappa shape index (κ3) is 4.03. The summed E-state index contributed by atoms with van der Waals surface area (Å²) in [6.07, 6.45) is 0.540. The second kappa shape index (κ2) is 7.01. The summed E-state index contributed by atoms with van der Waals surface area (Å²) in [4.78, 5) is 26.2. The van der Waals surface area contributed by atoms with E-state index >= 15 is 0 Å². The van der Waals surface area contributed by atoms with Crippen LogP contribution in [0.25, 0.3) is 0 Å². The normalized spacial score (nSPS) is 10.2. The summed E-state index contributed by atoms with van der Waals surface area (Å²) < 4.78 is 0. The van der Waals surface area contributed by atoms with Crippen LogP contribution in [0.3, 0.4) is 0 Å². The summed E-state index contributed by atoms with van der Waals surface area (Å²) in [6.45, 7) is 0.576. The quantitative estimate of drug-likeness (QED) is 0.764. The average Bonchev–Trinajstić information content (AvgIpc) is 2.99. The molecule has 0 atom stereocenters. The number of carbonyl (C=O) groups excluding carboxylic acids is 2. The summed E-state index contributed by atoms with van der Waals surface area (Å²) in [5.41, 5.74) is 1.09. The van der Waals surface area contributed by atoms with Gasteiger partial charge < -0.3 is 4.90 Å². The van der Waals surface area contributed by atoms with Crippen LogP contribution in [0.5, 0.6) is 0 Å². The molecule has 1 amide bonds. The van der Waals surface area contributed by atoms with Crippen molar-refractivity contribution in [1.29, 1.82) is 0 Å². The van der Waals surface area contributed by atoms with E-state index in [0.717, 1.165) is 10.4 Å². The van der Waals surface area contributed by atoms with E-state index in [0.29, 0.717) is 6.54 Å². The highest BCUT2D eigenvalue weighted by atomic mass is 32.1. The molecule has 1 heterocycles. The maximum absolute atomic E-state index is 12.0. The van der Waals surface area contributed by atoms with E-state index in [1.54, 1.807) is 18.0 Å². The van der Waals surface area contributed by atoms with Crippen LogP contribution in [-0.2, 0) is 11.3 Å². The van der Waals surface area contributed by atoms with E-state index in [1.165, 1.54) is 11.3 Å². The third-order valence-electron chi connectivity index (χ3n) is 3.05. The molecule has 0 fully saturated rings. The zero-order valence-corrected chi connectivity index (χ0v) is 12.2. The van der Waals surface area contributed by atoms with Crippen molar-refractivity contribution >= 4 is 23.0 Å². The van der Waals surface area contributed by atoms with E-state index in [2.05, 4.69) is 0 Å². The SMILES string of the molecule is CN(Cc1ccccc1)C(=O)CCC(=O)c1cccs1. The largest absolute Gasteiger partial charge is 0.341 e. The standard InChI is InChI=1S/C16H17NO2S/c1-17(12-13-6-3-2-4-7-13)16(19)10-9-14(18)15-8-5-11-20-15/h2-8,11H,9-10,12H2,1H3. The maximum atomic E-state index is 12.0. The molecule has 0 aliphatic rings. The zero-order chi connectivity index (χ0) is 14.4. The molecule has 0 N–H and O–H groups in total. The fraction of sp³-hybridized carbons (Fsp3) is 0.250. The lowest BCUT2D eigenvalue weighted by atomic mass is 10.1. The van der Waals surface area contributed by atoms with Crippen LogP contribution in [-0.4, -0.2) is 23.6 Å². The summed E-state index contributed by atoms with van der Waals surface area (Å²) in [5, 5.41) is 1.87. The number of thiophene rings is 1. The molecule has 0 aliphatic carbocycles. The van der Waals surface area contributed by atoms with Crippen LogP contribution in [0.15, 0.2) is 47.8 Å². The average molecular weight is 287 g/mol. The van der Waals surface area contributed by atoms with Crippen molar-refractivity contribution in [2.45, 2.75) is 19.4 Å². The minimum absolute atomic E-state index is 0.00115. The van der Waals surface area contributed by atoms with Crippen LogP contribution in [0.4, 0.5) is 0 Å². The number of ketones is 1. The topological polar surface area (TPSA) is 37.4 Å². The highest BCUT2D eigenvalue weighted by molar-refractivity contribution is 7.12. The minimum Gasteiger partial charge on any atom is -0.341 e. The van der Waals surface area contributed by atoms with Crippen LogP contribution in [0.1, 0.15) is 28.1 Å². The van der Waals surface area contributed by atoms with Crippen LogP contribution in [0, 0.1) is 0 Å². The smallest absolute Gasteiger partial charge is 0.223 e. The van der Waals surface area contributed by atoms with Crippen molar-refractivity contribution in [3.05, 3.63) is 58.3 Å². The molecular formula is C16H17NO2S. The van der Waals surface area contributed by atoms with Gasteiger partial charge in [0.1, 0.15) is 0 Å². The predicted octanol–water partition coefficient (Wildman–Crippen LogP) is 3.37. The number of rotatable bonds is 6. The molecule has 2 rings (SSSR count). The second-order valence-electron chi connectivity index (χ2n) is 4.64. The van der Waals surface area contributed by atoms with Crippen molar-refractivity contribution in [3.63, 3.8) is 0 Å². The molecule has 20 heavy (non-hydrogen) atoms. The van der Waals surface area contributed by atoms with Crippen molar-refractivity contribution in [2.24, 2.45) is 0 Å². The lowest BCUT2D eigenvalue weighted by Crippen LogP contribution is -2.26. The molecule has 3 nitrogen and oxygen atoms in total. The Morgan fingerprint density at radius 1 is 1.05 bits per heavy atom. The van der Waals surface area contributed by atoms with Gasteiger partial charge in [0.15, 0.2) is 5.78 Å². The van der Waals surface area contributed by atoms with Gasteiger partial charge in [-0.1, -0.05) is 36.4 Å². The second-order valence-corrected chi connectivity index (χ2v) is 5.58. The van der Waals surface area contributed by atoms with Gasteiger partial charge in [-0.3, -0.25) is 9.59 Å². The number of carbonyl (C=O) groups is 2. The molecule has 104 valence electrons. The number of hydrogen-bond acceptors (Lipinski definition) is 3. The molecule has 0 saturated heterocycles. The number of hydrogen-bond donors (Lipinski definition) is 0. The lowest BCUT2D eigenvalue weighted by molar-refractivity contribution is -0.130. The molecule has 0 saturated carbocycles. The highest BCUT2D eigenvalue weighted by Crippen LogP contribution is 2.13. The number of Topliss-reactive ketones (excluding diaryl/α,β-unsaturated/α-hetero) is 1. The van der Waals surface area contributed by atoms with Crippen molar-refractivity contribution in [3.8, 4) is 0 Å². The summed E-state index contributed by atoms with van der Waals surface area (Å²) in [5.74, 6) is 0.0419. The fourth-order valence-electron chi connectivity index (χ4n) is 1.92. The van der Waals surface area contributed by atoms with E-state index < -0.39 is 0 Å². The Bertz CT molecular complexity index is 563. The fourth-order valence-corrected chi connectivity index (χ4v) is 2.61. The lowest BCUT2D eigenvalue weighted by Gasteiger charge is -2.17. The Hall–Kier alpha value is -1.94. The molecule has 0 bridgehead atoms. The first kappa shape index (κ1) is 14.5. The summed E-state index contributed by atoms with van der Waals surface area (Å²) in [6, 6.07) is 13.5. The third-order valence-corrected chi connectivity index (χ3v) is 3.96. The van der Waals surface area contributed by atoms with Gasteiger partial charge in [-0.25, -0.2) is 0 Å². The number of nitrogens with zero attached hydrogens (tertiary/aromatic N) is 1. The monoisotopic (exact) mass is 287 g/mol. The predicted molar refractivity (Wildman–Crippen MR) is 80.8 cm³/mol. The molecule has 2 aromatic rings. The van der Waals surface area contributed by atoms with Gasteiger partial charge in [0.05, 0.1) is 4.88 Å². The Kier molecular flexibility index (Phi) is 5.07.